The molecule has 0 spiro atoms. The maximum atomic E-state index is 12.9. The molecule has 0 radical (unpaired) electrons. The minimum atomic E-state index is -0.856. The van der Waals surface area contributed by atoms with Crippen molar-refractivity contribution in [1.29, 1.82) is 0 Å². The van der Waals surface area contributed by atoms with Crippen LogP contribution in [0.1, 0.15) is 5.56 Å². The maximum absolute atomic E-state index is 12.9. The molecule has 1 aliphatic heterocycles. The Morgan fingerprint density at radius 3 is 2.43 bits per heavy atom. The maximum Gasteiger partial charge on any atom is 0.159 e. The summed E-state index contributed by atoms with van der Waals surface area (Å²) in [6.45, 7) is 0.767. The summed E-state index contributed by atoms with van der Waals surface area (Å²) in [5.41, 5.74) is 0.0271. The highest BCUT2D eigenvalue weighted by atomic mass is 19.2. The molecule has 0 unspecified atom stereocenters. The second-order valence-electron chi connectivity index (χ2n) is 3.32. The lowest BCUT2D eigenvalue weighted by atomic mass is 9.92. The van der Waals surface area contributed by atoms with E-state index in [0.717, 1.165) is 12.1 Å². The number of ether oxygens (including phenoxy) is 2. The summed E-state index contributed by atoms with van der Waals surface area (Å²) in [5.74, 6) is -1.70. The van der Waals surface area contributed by atoms with E-state index in [9.17, 15) is 8.78 Å². The first-order valence-corrected chi connectivity index (χ1v) is 4.26. The van der Waals surface area contributed by atoms with Crippen molar-refractivity contribution in [1.82, 2.24) is 0 Å². The predicted octanol–water partition coefficient (Wildman–Crippen LogP) is 1.84. The van der Waals surface area contributed by atoms with E-state index in [2.05, 4.69) is 0 Å². The van der Waals surface area contributed by atoms with Crippen LogP contribution in [0.5, 0.6) is 0 Å². The van der Waals surface area contributed by atoms with Crippen molar-refractivity contribution < 1.29 is 18.3 Å². The molecule has 2 nitrogen and oxygen atoms in total. The van der Waals surface area contributed by atoms with Gasteiger partial charge < -0.3 is 9.47 Å². The van der Waals surface area contributed by atoms with Crippen molar-refractivity contribution >= 4 is 0 Å². The van der Waals surface area contributed by atoms with Gasteiger partial charge in [-0.05, 0) is 17.7 Å². The fourth-order valence-electron chi connectivity index (χ4n) is 1.47. The van der Waals surface area contributed by atoms with E-state index in [4.69, 9.17) is 9.47 Å². The summed E-state index contributed by atoms with van der Waals surface area (Å²) in [5, 5.41) is 0. The Labute approximate surface area is 80.4 Å². The van der Waals surface area contributed by atoms with Crippen molar-refractivity contribution in [3.05, 3.63) is 35.4 Å². The molecule has 2 rings (SSSR count). The van der Waals surface area contributed by atoms with Gasteiger partial charge in [0.1, 0.15) is 5.60 Å². The van der Waals surface area contributed by atoms with Crippen LogP contribution in [-0.2, 0) is 15.1 Å². The third-order valence-corrected chi connectivity index (χ3v) is 2.51. The molecule has 4 heteroatoms. The molecule has 1 aliphatic rings. The summed E-state index contributed by atoms with van der Waals surface area (Å²) in [4.78, 5) is 0. The molecule has 0 atom stereocenters. The Hall–Kier alpha value is -1.00. The fourth-order valence-corrected chi connectivity index (χ4v) is 1.47. The molecule has 0 bridgehead atoms. The summed E-state index contributed by atoms with van der Waals surface area (Å²) in [6.07, 6.45) is 0. The van der Waals surface area contributed by atoms with Crippen molar-refractivity contribution in [3.63, 3.8) is 0 Å². The van der Waals surface area contributed by atoms with Crippen LogP contribution in [0, 0.1) is 11.6 Å². The van der Waals surface area contributed by atoms with Gasteiger partial charge in [0, 0.05) is 7.11 Å². The van der Waals surface area contributed by atoms with Crippen LogP contribution in [0.25, 0.3) is 0 Å². The van der Waals surface area contributed by atoms with Crippen LogP contribution in [0.3, 0.4) is 0 Å². The number of methoxy groups -OCH3 is 1. The standard InChI is InChI=1S/C10H10F2O2/c1-13-10(5-14-6-10)7-2-3-8(11)9(12)4-7/h2-4H,5-6H2,1H3. The van der Waals surface area contributed by atoms with E-state index in [1.54, 1.807) is 0 Å². The first kappa shape index (κ1) is 9.55. The summed E-state index contributed by atoms with van der Waals surface area (Å²) < 4.78 is 35.9. The molecule has 1 fully saturated rings. The molecule has 1 aromatic carbocycles. The fraction of sp³-hybridized carbons (Fsp3) is 0.400. The largest absolute Gasteiger partial charge is 0.375 e. The van der Waals surface area contributed by atoms with E-state index in [-0.39, 0.29) is 0 Å². The molecule has 1 saturated heterocycles. The lowest BCUT2D eigenvalue weighted by Gasteiger charge is -2.40. The lowest BCUT2D eigenvalue weighted by Crippen LogP contribution is -2.48. The van der Waals surface area contributed by atoms with Gasteiger partial charge in [0.05, 0.1) is 13.2 Å². The van der Waals surface area contributed by atoms with Gasteiger partial charge in [0.25, 0.3) is 0 Å². The van der Waals surface area contributed by atoms with Gasteiger partial charge in [0.2, 0.25) is 0 Å². The highest BCUT2D eigenvalue weighted by Gasteiger charge is 2.40. The van der Waals surface area contributed by atoms with E-state index in [1.807, 2.05) is 0 Å². The highest BCUT2D eigenvalue weighted by Crippen LogP contribution is 2.33. The summed E-state index contributed by atoms with van der Waals surface area (Å²) in [6, 6.07) is 3.77. The Kier molecular flexibility index (Phi) is 2.25. The number of benzene rings is 1. The third-order valence-electron chi connectivity index (χ3n) is 2.51. The topological polar surface area (TPSA) is 18.5 Å². The second kappa shape index (κ2) is 3.29. The summed E-state index contributed by atoms with van der Waals surface area (Å²) >= 11 is 0. The van der Waals surface area contributed by atoms with Gasteiger partial charge in [-0.15, -0.1) is 0 Å². The zero-order valence-electron chi connectivity index (χ0n) is 7.72. The SMILES string of the molecule is COC1(c2ccc(F)c(F)c2)COC1. The van der Waals surface area contributed by atoms with Gasteiger partial charge in [-0.25, -0.2) is 8.78 Å². The smallest absolute Gasteiger partial charge is 0.159 e. The third kappa shape index (κ3) is 1.31. The molecule has 1 heterocycles. The van der Waals surface area contributed by atoms with Gasteiger partial charge in [-0.2, -0.15) is 0 Å². The normalized spacial score (nSPS) is 19.1. The van der Waals surface area contributed by atoms with E-state index in [1.165, 1.54) is 13.2 Å². The molecule has 0 saturated carbocycles. The molecule has 0 amide bonds. The van der Waals surface area contributed by atoms with Crippen LogP contribution in [-0.4, -0.2) is 20.3 Å². The molecule has 1 aromatic rings. The minimum Gasteiger partial charge on any atom is -0.375 e. The quantitative estimate of drug-likeness (QED) is 0.725. The zero-order chi connectivity index (χ0) is 10.2. The van der Waals surface area contributed by atoms with E-state index >= 15 is 0 Å². The average molecular weight is 200 g/mol. The first-order chi connectivity index (χ1) is 6.68. The monoisotopic (exact) mass is 200 g/mol. The molecule has 0 aromatic heterocycles. The number of rotatable bonds is 2. The highest BCUT2D eigenvalue weighted by molar-refractivity contribution is 5.26. The molecule has 76 valence electrons. The molecule has 0 aliphatic carbocycles. The van der Waals surface area contributed by atoms with Crippen LogP contribution in [0.2, 0.25) is 0 Å². The van der Waals surface area contributed by atoms with Crippen LogP contribution < -0.4 is 0 Å². The summed E-state index contributed by atoms with van der Waals surface area (Å²) in [7, 11) is 1.53. The molecular formula is C10H10F2O2. The lowest BCUT2D eigenvalue weighted by molar-refractivity contribution is -0.202. The van der Waals surface area contributed by atoms with Crippen LogP contribution in [0.4, 0.5) is 8.78 Å². The number of hydrogen-bond acceptors (Lipinski definition) is 2. The Balaban J connectivity index is 2.36. The van der Waals surface area contributed by atoms with E-state index in [0.29, 0.717) is 18.8 Å². The molecule has 14 heavy (non-hydrogen) atoms. The zero-order valence-corrected chi connectivity index (χ0v) is 7.72. The van der Waals surface area contributed by atoms with Crippen molar-refractivity contribution in [3.8, 4) is 0 Å². The van der Waals surface area contributed by atoms with Gasteiger partial charge >= 0.3 is 0 Å². The molecular weight excluding hydrogens is 190 g/mol. The van der Waals surface area contributed by atoms with Gasteiger partial charge in [-0.1, -0.05) is 6.07 Å². The Morgan fingerprint density at radius 1 is 1.29 bits per heavy atom. The second-order valence-corrected chi connectivity index (χ2v) is 3.32. The predicted molar refractivity (Wildman–Crippen MR) is 45.9 cm³/mol. The van der Waals surface area contributed by atoms with Crippen molar-refractivity contribution in [2.45, 2.75) is 5.60 Å². The van der Waals surface area contributed by atoms with Gasteiger partial charge in [0.15, 0.2) is 11.6 Å². The first-order valence-electron chi connectivity index (χ1n) is 4.26. The Morgan fingerprint density at radius 2 is 2.00 bits per heavy atom. The minimum absolute atomic E-state index is 0.384. The average Bonchev–Trinajstić information content (AvgIpc) is 2.10. The van der Waals surface area contributed by atoms with Crippen molar-refractivity contribution in [2.24, 2.45) is 0 Å². The Bertz CT molecular complexity index is 342. The number of halogens is 2. The molecule has 0 N–H and O–H groups in total. The van der Waals surface area contributed by atoms with Gasteiger partial charge in [-0.3, -0.25) is 0 Å². The van der Waals surface area contributed by atoms with E-state index < -0.39 is 17.2 Å². The van der Waals surface area contributed by atoms with Crippen LogP contribution >= 0.6 is 0 Å². The number of hydrogen-bond donors (Lipinski definition) is 0. The van der Waals surface area contributed by atoms with Crippen molar-refractivity contribution in [2.75, 3.05) is 20.3 Å². The van der Waals surface area contributed by atoms with Crippen LogP contribution in [0.15, 0.2) is 18.2 Å².